The molecule has 3 heteroatoms. The highest BCUT2D eigenvalue weighted by molar-refractivity contribution is 4.86. The first-order chi connectivity index (χ1) is 6.79. The van der Waals surface area contributed by atoms with Crippen molar-refractivity contribution >= 4 is 0 Å². The molecule has 1 saturated carbocycles. The first-order valence-corrected chi connectivity index (χ1v) is 5.73. The molecular formula is C11H20O3. The minimum atomic E-state index is -0.354. The van der Waals surface area contributed by atoms with Gasteiger partial charge in [0.05, 0.1) is 25.4 Å². The Morgan fingerprint density at radius 3 is 2.29 bits per heavy atom. The van der Waals surface area contributed by atoms with Crippen molar-refractivity contribution in [2.24, 2.45) is 11.8 Å². The van der Waals surface area contributed by atoms with Crippen molar-refractivity contribution in [1.29, 1.82) is 0 Å². The lowest BCUT2D eigenvalue weighted by atomic mass is 9.82. The van der Waals surface area contributed by atoms with E-state index in [4.69, 9.17) is 4.74 Å². The van der Waals surface area contributed by atoms with Crippen LogP contribution in [0.25, 0.3) is 0 Å². The summed E-state index contributed by atoms with van der Waals surface area (Å²) in [6.07, 6.45) is 4.90. The Balaban J connectivity index is 1.99. The van der Waals surface area contributed by atoms with E-state index in [2.05, 4.69) is 0 Å². The van der Waals surface area contributed by atoms with Gasteiger partial charge < -0.3 is 14.9 Å². The highest BCUT2D eigenvalue weighted by Gasteiger charge is 2.37. The summed E-state index contributed by atoms with van der Waals surface area (Å²) in [6, 6.07) is 0. The summed E-state index contributed by atoms with van der Waals surface area (Å²) < 4.78 is 5.25. The van der Waals surface area contributed by atoms with Crippen LogP contribution in [0, 0.1) is 11.8 Å². The van der Waals surface area contributed by atoms with Gasteiger partial charge in [0.2, 0.25) is 0 Å². The third-order valence-electron chi connectivity index (χ3n) is 3.67. The van der Waals surface area contributed by atoms with Crippen molar-refractivity contribution in [3.63, 3.8) is 0 Å². The largest absolute Gasteiger partial charge is 0.393 e. The molecule has 0 aromatic carbocycles. The summed E-state index contributed by atoms with van der Waals surface area (Å²) in [5.41, 5.74) is 0. The van der Waals surface area contributed by atoms with Crippen LogP contribution in [0.15, 0.2) is 0 Å². The van der Waals surface area contributed by atoms with E-state index in [-0.39, 0.29) is 24.0 Å². The lowest BCUT2D eigenvalue weighted by Gasteiger charge is -2.27. The van der Waals surface area contributed by atoms with Gasteiger partial charge in [-0.2, -0.15) is 0 Å². The standard InChI is InChI=1S/C11H20O3/c12-10-5-3-1-2-4-8(10)9-6-14-7-11(9)13/h8-13H,1-7H2. The second-order valence-corrected chi connectivity index (χ2v) is 4.64. The molecule has 2 rings (SSSR count). The molecule has 1 aliphatic heterocycles. The van der Waals surface area contributed by atoms with Crippen molar-refractivity contribution in [3.05, 3.63) is 0 Å². The Kier molecular flexibility index (Phi) is 3.42. The summed E-state index contributed by atoms with van der Waals surface area (Å²) in [5.74, 6) is 0.429. The van der Waals surface area contributed by atoms with Gasteiger partial charge in [0, 0.05) is 5.92 Å². The number of rotatable bonds is 1. The van der Waals surface area contributed by atoms with Crippen LogP contribution in [-0.4, -0.2) is 35.6 Å². The fraction of sp³-hybridized carbons (Fsp3) is 1.00. The Morgan fingerprint density at radius 2 is 1.57 bits per heavy atom. The van der Waals surface area contributed by atoms with E-state index < -0.39 is 0 Å². The summed E-state index contributed by atoms with van der Waals surface area (Å²) in [4.78, 5) is 0. The zero-order valence-corrected chi connectivity index (χ0v) is 8.56. The van der Waals surface area contributed by atoms with E-state index >= 15 is 0 Å². The SMILES string of the molecule is OC1CCCCCC1C1COCC1O. The van der Waals surface area contributed by atoms with E-state index in [0.717, 1.165) is 19.3 Å². The van der Waals surface area contributed by atoms with Crippen LogP contribution in [0.3, 0.4) is 0 Å². The zero-order valence-electron chi connectivity index (χ0n) is 8.56. The summed E-state index contributed by atoms with van der Waals surface area (Å²) in [6.45, 7) is 1.08. The van der Waals surface area contributed by atoms with Crippen molar-refractivity contribution in [3.8, 4) is 0 Å². The monoisotopic (exact) mass is 200 g/mol. The van der Waals surface area contributed by atoms with E-state index in [1.165, 1.54) is 12.8 Å². The summed E-state index contributed by atoms with van der Waals surface area (Å²) >= 11 is 0. The second kappa shape index (κ2) is 4.60. The molecule has 1 heterocycles. The molecule has 82 valence electrons. The van der Waals surface area contributed by atoms with Gasteiger partial charge in [-0.05, 0) is 18.8 Å². The molecule has 1 aliphatic carbocycles. The van der Waals surface area contributed by atoms with Gasteiger partial charge in [-0.15, -0.1) is 0 Å². The molecule has 4 unspecified atom stereocenters. The minimum absolute atomic E-state index is 0.170. The maximum absolute atomic E-state index is 9.96. The molecule has 14 heavy (non-hydrogen) atoms. The summed E-state index contributed by atoms with van der Waals surface area (Å²) in [7, 11) is 0. The molecule has 2 N–H and O–H groups in total. The van der Waals surface area contributed by atoms with Crippen LogP contribution in [0.1, 0.15) is 32.1 Å². The molecule has 2 fully saturated rings. The van der Waals surface area contributed by atoms with Gasteiger partial charge in [0.1, 0.15) is 0 Å². The van der Waals surface area contributed by atoms with E-state index in [0.29, 0.717) is 13.2 Å². The average molecular weight is 200 g/mol. The molecule has 4 atom stereocenters. The first-order valence-electron chi connectivity index (χ1n) is 5.73. The van der Waals surface area contributed by atoms with Gasteiger partial charge in [0.25, 0.3) is 0 Å². The van der Waals surface area contributed by atoms with Crippen molar-refractivity contribution in [1.82, 2.24) is 0 Å². The number of aliphatic hydroxyl groups is 2. The Morgan fingerprint density at radius 1 is 0.786 bits per heavy atom. The lowest BCUT2D eigenvalue weighted by Crippen LogP contribution is -2.33. The molecule has 1 saturated heterocycles. The number of hydrogen-bond acceptors (Lipinski definition) is 3. The third kappa shape index (κ3) is 2.10. The molecule has 0 bridgehead atoms. The van der Waals surface area contributed by atoms with Crippen LogP contribution in [0.4, 0.5) is 0 Å². The Labute approximate surface area is 85.1 Å². The van der Waals surface area contributed by atoms with E-state index in [9.17, 15) is 10.2 Å². The number of ether oxygens (including phenoxy) is 1. The maximum Gasteiger partial charge on any atom is 0.0827 e. The van der Waals surface area contributed by atoms with Crippen LogP contribution < -0.4 is 0 Å². The Bertz CT molecular complexity index is 183. The van der Waals surface area contributed by atoms with Gasteiger partial charge in [-0.25, -0.2) is 0 Å². The highest BCUT2D eigenvalue weighted by Crippen LogP contribution is 2.33. The molecule has 3 nitrogen and oxygen atoms in total. The summed E-state index contributed by atoms with van der Waals surface area (Å²) in [5, 5.41) is 19.7. The quantitative estimate of drug-likeness (QED) is 0.619. The normalized spacial score (nSPS) is 45.0. The van der Waals surface area contributed by atoms with E-state index in [1.807, 2.05) is 0 Å². The molecule has 0 aromatic rings. The predicted octanol–water partition coefficient (Wildman–Crippen LogP) is 0.935. The van der Waals surface area contributed by atoms with Gasteiger partial charge in [-0.1, -0.05) is 19.3 Å². The molecule has 0 spiro atoms. The fourth-order valence-electron chi connectivity index (χ4n) is 2.78. The maximum atomic E-state index is 9.96. The third-order valence-corrected chi connectivity index (χ3v) is 3.67. The van der Waals surface area contributed by atoms with Gasteiger partial charge in [0.15, 0.2) is 0 Å². The van der Waals surface area contributed by atoms with Crippen LogP contribution in [0.2, 0.25) is 0 Å². The second-order valence-electron chi connectivity index (χ2n) is 4.64. The smallest absolute Gasteiger partial charge is 0.0827 e. The fourth-order valence-corrected chi connectivity index (χ4v) is 2.78. The average Bonchev–Trinajstić information content (AvgIpc) is 2.46. The van der Waals surface area contributed by atoms with Crippen molar-refractivity contribution in [2.45, 2.75) is 44.3 Å². The van der Waals surface area contributed by atoms with Crippen LogP contribution in [-0.2, 0) is 4.74 Å². The number of aliphatic hydroxyl groups excluding tert-OH is 2. The van der Waals surface area contributed by atoms with Crippen LogP contribution >= 0.6 is 0 Å². The Hall–Kier alpha value is -0.120. The topological polar surface area (TPSA) is 49.7 Å². The molecular weight excluding hydrogens is 180 g/mol. The van der Waals surface area contributed by atoms with Crippen molar-refractivity contribution in [2.75, 3.05) is 13.2 Å². The van der Waals surface area contributed by atoms with Gasteiger partial charge >= 0.3 is 0 Å². The lowest BCUT2D eigenvalue weighted by molar-refractivity contribution is 0.0262. The van der Waals surface area contributed by atoms with Gasteiger partial charge in [-0.3, -0.25) is 0 Å². The first kappa shape index (κ1) is 10.4. The molecule has 0 aromatic heterocycles. The molecule has 2 aliphatic rings. The van der Waals surface area contributed by atoms with Crippen molar-refractivity contribution < 1.29 is 14.9 Å². The zero-order chi connectivity index (χ0) is 9.97. The predicted molar refractivity (Wildman–Crippen MR) is 52.9 cm³/mol. The molecule has 0 amide bonds. The van der Waals surface area contributed by atoms with E-state index in [1.54, 1.807) is 0 Å². The highest BCUT2D eigenvalue weighted by atomic mass is 16.5. The number of hydrogen-bond donors (Lipinski definition) is 2. The van der Waals surface area contributed by atoms with Crippen LogP contribution in [0.5, 0.6) is 0 Å². The minimum Gasteiger partial charge on any atom is -0.393 e. The molecule has 0 radical (unpaired) electrons.